The van der Waals surface area contributed by atoms with Crippen molar-refractivity contribution in [1.29, 1.82) is 0 Å². The minimum absolute atomic E-state index is 0.456. The standard InChI is InChI=1S/C8H6N4O3/c13-7(14)15-8(9-11-12-10-8)6-4-2-1-3-5-6/h1-5H,(H,13,14). The monoisotopic (exact) mass is 206 g/mol. The molecule has 0 aliphatic carbocycles. The third kappa shape index (κ3) is 1.66. The number of nitrogens with zero attached hydrogens (tertiary/aromatic N) is 4. The van der Waals surface area contributed by atoms with Crippen LogP contribution in [0.1, 0.15) is 5.56 Å². The average molecular weight is 206 g/mol. The topological polar surface area (TPSA) is 96.0 Å². The van der Waals surface area contributed by atoms with Crippen molar-refractivity contribution in [3.63, 3.8) is 0 Å². The third-order valence-electron chi connectivity index (χ3n) is 1.78. The van der Waals surface area contributed by atoms with Crippen LogP contribution in [0.3, 0.4) is 0 Å². The molecule has 0 saturated carbocycles. The van der Waals surface area contributed by atoms with E-state index in [0.29, 0.717) is 5.56 Å². The zero-order chi connectivity index (χ0) is 10.7. The van der Waals surface area contributed by atoms with Gasteiger partial charge in [0.15, 0.2) is 0 Å². The summed E-state index contributed by atoms with van der Waals surface area (Å²) in [4.78, 5) is 10.5. The first-order chi connectivity index (χ1) is 7.23. The van der Waals surface area contributed by atoms with Crippen LogP contribution in [0.15, 0.2) is 51.0 Å². The van der Waals surface area contributed by atoms with E-state index in [2.05, 4.69) is 25.4 Å². The fourth-order valence-electron chi connectivity index (χ4n) is 1.17. The first-order valence-corrected chi connectivity index (χ1v) is 4.04. The van der Waals surface area contributed by atoms with Crippen molar-refractivity contribution < 1.29 is 14.6 Å². The van der Waals surface area contributed by atoms with E-state index >= 15 is 0 Å². The van der Waals surface area contributed by atoms with Crippen molar-refractivity contribution in [2.75, 3.05) is 0 Å². The van der Waals surface area contributed by atoms with Gasteiger partial charge in [0.25, 0.3) is 0 Å². The van der Waals surface area contributed by atoms with E-state index in [-0.39, 0.29) is 0 Å². The van der Waals surface area contributed by atoms with Crippen LogP contribution in [0.5, 0.6) is 0 Å². The number of carbonyl (C=O) groups is 1. The van der Waals surface area contributed by atoms with Crippen molar-refractivity contribution >= 4 is 6.16 Å². The van der Waals surface area contributed by atoms with Crippen molar-refractivity contribution in [2.24, 2.45) is 20.7 Å². The number of ether oxygens (including phenoxy) is 1. The van der Waals surface area contributed by atoms with Gasteiger partial charge in [-0.3, -0.25) is 0 Å². The van der Waals surface area contributed by atoms with E-state index in [1.54, 1.807) is 30.3 Å². The van der Waals surface area contributed by atoms with E-state index in [9.17, 15) is 4.79 Å². The predicted octanol–water partition coefficient (Wildman–Crippen LogP) is 2.32. The molecule has 76 valence electrons. The zero-order valence-corrected chi connectivity index (χ0v) is 7.44. The first kappa shape index (κ1) is 9.25. The van der Waals surface area contributed by atoms with Gasteiger partial charge in [0.2, 0.25) is 0 Å². The molecule has 1 aromatic carbocycles. The Bertz CT molecular complexity index is 417. The number of benzene rings is 1. The molecular formula is C8H6N4O3. The highest BCUT2D eigenvalue weighted by atomic mass is 16.7. The van der Waals surface area contributed by atoms with E-state index in [1.165, 1.54) is 0 Å². The summed E-state index contributed by atoms with van der Waals surface area (Å²) in [5.41, 5.74) is 0.456. The van der Waals surface area contributed by atoms with Crippen LogP contribution in [0.25, 0.3) is 0 Å². The van der Waals surface area contributed by atoms with E-state index in [0.717, 1.165) is 0 Å². The fourth-order valence-corrected chi connectivity index (χ4v) is 1.17. The van der Waals surface area contributed by atoms with Gasteiger partial charge in [0.05, 0.1) is 0 Å². The molecule has 7 nitrogen and oxygen atoms in total. The molecule has 7 heteroatoms. The summed E-state index contributed by atoms with van der Waals surface area (Å²) >= 11 is 0. The SMILES string of the molecule is O=C(O)OC1(c2ccccc2)N=NN=N1. The van der Waals surface area contributed by atoms with Crippen LogP contribution >= 0.6 is 0 Å². The Labute approximate surface area is 84.1 Å². The molecule has 0 amide bonds. The average Bonchev–Trinajstić information content (AvgIpc) is 2.68. The molecule has 0 spiro atoms. The fraction of sp³-hybridized carbons (Fsp3) is 0.125. The predicted molar refractivity (Wildman–Crippen MR) is 46.9 cm³/mol. The van der Waals surface area contributed by atoms with Gasteiger partial charge in [-0.25, -0.2) is 4.79 Å². The lowest BCUT2D eigenvalue weighted by atomic mass is 10.1. The van der Waals surface area contributed by atoms with Crippen molar-refractivity contribution in [3.05, 3.63) is 35.9 Å². The van der Waals surface area contributed by atoms with Crippen molar-refractivity contribution in [2.45, 2.75) is 5.85 Å². The maximum atomic E-state index is 10.5. The van der Waals surface area contributed by atoms with Crippen molar-refractivity contribution in [1.82, 2.24) is 0 Å². The number of rotatable bonds is 2. The smallest absolute Gasteiger partial charge is 0.450 e. The lowest BCUT2D eigenvalue weighted by Gasteiger charge is -2.17. The zero-order valence-electron chi connectivity index (χ0n) is 7.44. The van der Waals surface area contributed by atoms with Crippen LogP contribution in [0.4, 0.5) is 4.79 Å². The maximum Gasteiger partial charge on any atom is 0.509 e. The second kappa shape index (κ2) is 3.45. The van der Waals surface area contributed by atoms with Gasteiger partial charge in [-0.15, -0.1) is 0 Å². The van der Waals surface area contributed by atoms with Gasteiger partial charge in [-0.2, -0.15) is 0 Å². The Morgan fingerprint density at radius 1 is 1.20 bits per heavy atom. The van der Waals surface area contributed by atoms with Gasteiger partial charge < -0.3 is 9.84 Å². The summed E-state index contributed by atoms with van der Waals surface area (Å²) < 4.78 is 4.58. The van der Waals surface area contributed by atoms with Gasteiger partial charge in [0, 0.05) is 5.56 Å². The van der Waals surface area contributed by atoms with Crippen LogP contribution in [-0.4, -0.2) is 11.3 Å². The quantitative estimate of drug-likeness (QED) is 0.752. The molecule has 1 aliphatic heterocycles. The molecule has 0 fully saturated rings. The molecule has 1 aromatic rings. The Kier molecular flexibility index (Phi) is 2.13. The number of hydrogen-bond donors (Lipinski definition) is 1. The van der Waals surface area contributed by atoms with Crippen LogP contribution in [0.2, 0.25) is 0 Å². The Morgan fingerprint density at radius 2 is 1.80 bits per heavy atom. The molecule has 0 radical (unpaired) electrons. The molecule has 0 aromatic heterocycles. The molecule has 1 N–H and O–H groups in total. The molecule has 0 atom stereocenters. The summed E-state index contributed by atoms with van der Waals surface area (Å²) in [5.74, 6) is -1.67. The lowest BCUT2D eigenvalue weighted by Crippen LogP contribution is -2.25. The molecular weight excluding hydrogens is 200 g/mol. The summed E-state index contributed by atoms with van der Waals surface area (Å²) in [6.07, 6.45) is -1.49. The summed E-state index contributed by atoms with van der Waals surface area (Å²) in [6.45, 7) is 0. The molecule has 0 bridgehead atoms. The molecule has 0 unspecified atom stereocenters. The van der Waals surface area contributed by atoms with Crippen LogP contribution in [-0.2, 0) is 10.6 Å². The Balaban J connectivity index is 2.40. The van der Waals surface area contributed by atoms with E-state index in [1.807, 2.05) is 0 Å². The van der Waals surface area contributed by atoms with Crippen LogP contribution < -0.4 is 0 Å². The van der Waals surface area contributed by atoms with Gasteiger partial charge in [0.1, 0.15) is 0 Å². The Morgan fingerprint density at radius 3 is 2.33 bits per heavy atom. The molecule has 1 heterocycles. The van der Waals surface area contributed by atoms with E-state index in [4.69, 9.17) is 5.11 Å². The summed E-state index contributed by atoms with van der Waals surface area (Å²) in [6, 6.07) is 8.47. The van der Waals surface area contributed by atoms with Gasteiger partial charge in [-0.1, -0.05) is 40.6 Å². The van der Waals surface area contributed by atoms with Gasteiger partial charge in [-0.05, 0) is 10.4 Å². The van der Waals surface area contributed by atoms with Crippen LogP contribution in [0, 0.1) is 0 Å². The minimum atomic E-state index is -1.67. The highest BCUT2D eigenvalue weighted by Gasteiger charge is 2.40. The highest BCUT2D eigenvalue weighted by Crippen LogP contribution is 2.33. The maximum absolute atomic E-state index is 10.5. The Hall–Kier alpha value is -2.31. The second-order valence-corrected chi connectivity index (χ2v) is 2.72. The normalized spacial score (nSPS) is 16.5. The largest absolute Gasteiger partial charge is 0.509 e. The lowest BCUT2D eigenvalue weighted by molar-refractivity contribution is -0.0137. The summed E-state index contributed by atoms with van der Waals surface area (Å²) in [5, 5.41) is 22.2. The van der Waals surface area contributed by atoms with Gasteiger partial charge >= 0.3 is 12.0 Å². The molecule has 1 aliphatic rings. The van der Waals surface area contributed by atoms with E-state index < -0.39 is 12.0 Å². The molecule has 2 rings (SSSR count). The van der Waals surface area contributed by atoms with Crippen molar-refractivity contribution in [3.8, 4) is 0 Å². The summed E-state index contributed by atoms with van der Waals surface area (Å²) in [7, 11) is 0. The first-order valence-electron chi connectivity index (χ1n) is 4.04. The number of hydrogen-bond acceptors (Lipinski definition) is 6. The second-order valence-electron chi connectivity index (χ2n) is 2.72. The molecule has 15 heavy (non-hydrogen) atoms. The number of carboxylic acid groups (broad SMARTS) is 1. The molecule has 0 saturated heterocycles. The highest BCUT2D eigenvalue weighted by molar-refractivity contribution is 5.58. The third-order valence-corrected chi connectivity index (χ3v) is 1.78. The minimum Gasteiger partial charge on any atom is -0.450 e.